The Morgan fingerprint density at radius 3 is 1.86 bits per heavy atom. The van der Waals surface area contributed by atoms with Gasteiger partial charge in [0.2, 0.25) is 0 Å². The van der Waals surface area contributed by atoms with Crippen molar-refractivity contribution >= 4 is 35.5 Å². The molecule has 0 unspecified atom stereocenters. The highest BCUT2D eigenvalue weighted by Gasteiger charge is 2.27. The second-order valence-corrected chi connectivity index (χ2v) is 4.81. The normalized spacial score (nSPS) is 15.1. The van der Waals surface area contributed by atoms with Gasteiger partial charge in [0.25, 0.3) is 0 Å². The van der Waals surface area contributed by atoms with Gasteiger partial charge in [0.1, 0.15) is 0 Å². The lowest BCUT2D eigenvalue weighted by Crippen LogP contribution is -2.16. The molecule has 1 saturated heterocycles. The molecule has 0 amide bonds. The minimum Gasteiger partial charge on any atom is -0.465 e. The van der Waals surface area contributed by atoms with Gasteiger partial charge in [-0.15, -0.1) is 23.5 Å². The van der Waals surface area contributed by atoms with Crippen LogP contribution in [-0.2, 0) is 19.1 Å². The average molecular weight is 234 g/mol. The highest BCUT2D eigenvalue weighted by molar-refractivity contribution is 8.25. The lowest BCUT2D eigenvalue weighted by Gasteiger charge is -2.05. The maximum atomic E-state index is 11.3. The Kier molecular flexibility index (Phi) is 4.34. The van der Waals surface area contributed by atoms with Crippen LogP contribution in [0.4, 0.5) is 0 Å². The third kappa shape index (κ3) is 2.45. The predicted molar refractivity (Wildman–Crippen MR) is 56.0 cm³/mol. The molecule has 78 valence electrons. The summed E-state index contributed by atoms with van der Waals surface area (Å²) in [7, 11) is 2.49. The molecule has 6 heteroatoms. The van der Waals surface area contributed by atoms with Gasteiger partial charge in [-0.25, -0.2) is 9.59 Å². The second-order valence-electron chi connectivity index (χ2n) is 2.34. The van der Waals surface area contributed by atoms with Gasteiger partial charge in [0, 0.05) is 11.5 Å². The van der Waals surface area contributed by atoms with Crippen molar-refractivity contribution in [1.29, 1.82) is 0 Å². The number of hydrogen-bond acceptors (Lipinski definition) is 6. The van der Waals surface area contributed by atoms with Crippen LogP contribution in [0.25, 0.3) is 0 Å². The molecule has 0 radical (unpaired) electrons. The molecular formula is C8H10O4S2. The first-order valence-corrected chi connectivity index (χ1v) is 5.84. The zero-order valence-electron chi connectivity index (χ0n) is 7.86. The van der Waals surface area contributed by atoms with Crippen molar-refractivity contribution in [3.8, 4) is 0 Å². The zero-order valence-corrected chi connectivity index (χ0v) is 9.50. The van der Waals surface area contributed by atoms with E-state index in [0.717, 1.165) is 11.5 Å². The van der Waals surface area contributed by atoms with Gasteiger partial charge in [-0.1, -0.05) is 0 Å². The summed E-state index contributed by atoms with van der Waals surface area (Å²) < 4.78 is 9.74. The molecule has 1 aliphatic heterocycles. The first-order valence-electron chi connectivity index (χ1n) is 3.87. The fourth-order valence-corrected chi connectivity index (χ4v) is 3.40. The maximum Gasteiger partial charge on any atom is 0.347 e. The Hall–Kier alpha value is -0.620. The van der Waals surface area contributed by atoms with Crippen LogP contribution in [0, 0.1) is 0 Å². The van der Waals surface area contributed by atoms with Crippen LogP contribution in [0.1, 0.15) is 0 Å². The number of ether oxygens (including phenoxy) is 2. The minimum absolute atomic E-state index is 0.0162. The van der Waals surface area contributed by atoms with E-state index in [1.54, 1.807) is 0 Å². The first kappa shape index (κ1) is 11.5. The third-order valence-corrected chi connectivity index (χ3v) is 4.25. The van der Waals surface area contributed by atoms with E-state index in [1.807, 2.05) is 0 Å². The van der Waals surface area contributed by atoms with Crippen LogP contribution in [0.2, 0.25) is 0 Å². The molecule has 0 spiro atoms. The highest BCUT2D eigenvalue weighted by atomic mass is 32.2. The summed E-state index contributed by atoms with van der Waals surface area (Å²) in [6.07, 6.45) is 0. The molecule has 14 heavy (non-hydrogen) atoms. The molecular weight excluding hydrogens is 224 g/mol. The lowest BCUT2D eigenvalue weighted by molar-refractivity contribution is -0.144. The third-order valence-electron chi connectivity index (χ3n) is 1.53. The highest BCUT2D eigenvalue weighted by Crippen LogP contribution is 2.39. The lowest BCUT2D eigenvalue weighted by atomic mass is 10.3. The summed E-state index contributed by atoms with van der Waals surface area (Å²) in [6.45, 7) is 0. The summed E-state index contributed by atoms with van der Waals surface area (Å²) in [6, 6.07) is 0. The molecule has 0 saturated carbocycles. The molecule has 0 aromatic rings. The molecule has 0 N–H and O–H groups in total. The van der Waals surface area contributed by atoms with Gasteiger partial charge in [-0.05, 0) is 0 Å². The number of hydrogen-bond donors (Lipinski definition) is 0. The summed E-state index contributed by atoms with van der Waals surface area (Å²) in [5.41, 5.74) is 0.0162. The van der Waals surface area contributed by atoms with E-state index in [-0.39, 0.29) is 5.57 Å². The number of methoxy groups -OCH3 is 2. The Morgan fingerprint density at radius 2 is 1.50 bits per heavy atom. The van der Waals surface area contributed by atoms with Crippen molar-refractivity contribution in [1.82, 2.24) is 0 Å². The van der Waals surface area contributed by atoms with Gasteiger partial charge in [0.15, 0.2) is 5.57 Å². The Morgan fingerprint density at radius 1 is 1.07 bits per heavy atom. The topological polar surface area (TPSA) is 52.6 Å². The van der Waals surface area contributed by atoms with Crippen LogP contribution in [-0.4, -0.2) is 37.7 Å². The summed E-state index contributed by atoms with van der Waals surface area (Å²) in [5, 5.41) is 0. The van der Waals surface area contributed by atoms with Crippen molar-refractivity contribution in [2.24, 2.45) is 0 Å². The fraction of sp³-hybridized carbons (Fsp3) is 0.500. The van der Waals surface area contributed by atoms with Gasteiger partial charge >= 0.3 is 11.9 Å². The molecule has 1 fully saturated rings. The predicted octanol–water partition coefficient (Wildman–Crippen LogP) is 1.02. The standard InChI is InChI=1S/C8H10O4S2/c1-11-6(9)5(7(10)12-2)8-13-3-4-14-8/h3-4H2,1-2H3. The molecule has 0 aromatic heterocycles. The quantitative estimate of drug-likeness (QED) is 0.308. The second kappa shape index (κ2) is 5.31. The van der Waals surface area contributed by atoms with Gasteiger partial charge < -0.3 is 9.47 Å². The van der Waals surface area contributed by atoms with Crippen molar-refractivity contribution in [3.63, 3.8) is 0 Å². The zero-order chi connectivity index (χ0) is 10.6. The Bertz CT molecular complexity index is 259. The number of carbonyl (C=O) groups excluding carboxylic acids is 2. The molecule has 1 heterocycles. The number of carbonyl (C=O) groups is 2. The maximum absolute atomic E-state index is 11.3. The first-order chi connectivity index (χ1) is 6.70. The molecule has 1 aliphatic rings. The molecule has 1 rings (SSSR count). The van der Waals surface area contributed by atoms with Gasteiger partial charge in [-0.2, -0.15) is 0 Å². The van der Waals surface area contributed by atoms with E-state index in [2.05, 4.69) is 9.47 Å². The summed E-state index contributed by atoms with van der Waals surface area (Å²) in [5.74, 6) is 0.539. The smallest absolute Gasteiger partial charge is 0.347 e. The van der Waals surface area contributed by atoms with Crippen molar-refractivity contribution in [2.75, 3.05) is 25.7 Å². The van der Waals surface area contributed by atoms with Crippen LogP contribution in [0.15, 0.2) is 9.81 Å². The Labute approximate surface area is 90.4 Å². The van der Waals surface area contributed by atoms with Crippen LogP contribution >= 0.6 is 23.5 Å². The van der Waals surface area contributed by atoms with E-state index in [1.165, 1.54) is 37.7 Å². The molecule has 0 bridgehead atoms. The molecule has 4 nitrogen and oxygen atoms in total. The van der Waals surface area contributed by atoms with Crippen LogP contribution < -0.4 is 0 Å². The van der Waals surface area contributed by atoms with Crippen molar-refractivity contribution < 1.29 is 19.1 Å². The number of thioether (sulfide) groups is 2. The number of esters is 2. The average Bonchev–Trinajstić information content (AvgIpc) is 2.70. The van der Waals surface area contributed by atoms with E-state index in [0.29, 0.717) is 4.24 Å². The Balaban J connectivity index is 2.97. The van der Waals surface area contributed by atoms with Crippen molar-refractivity contribution in [3.05, 3.63) is 9.81 Å². The van der Waals surface area contributed by atoms with E-state index >= 15 is 0 Å². The van der Waals surface area contributed by atoms with Crippen LogP contribution in [0.3, 0.4) is 0 Å². The largest absolute Gasteiger partial charge is 0.465 e. The molecule has 0 atom stereocenters. The fourth-order valence-electron chi connectivity index (χ4n) is 0.909. The van der Waals surface area contributed by atoms with E-state index < -0.39 is 11.9 Å². The summed E-state index contributed by atoms with van der Waals surface area (Å²) in [4.78, 5) is 22.6. The molecule has 0 aliphatic carbocycles. The monoisotopic (exact) mass is 234 g/mol. The minimum atomic E-state index is -0.631. The van der Waals surface area contributed by atoms with Crippen molar-refractivity contribution in [2.45, 2.75) is 0 Å². The van der Waals surface area contributed by atoms with E-state index in [4.69, 9.17) is 0 Å². The van der Waals surface area contributed by atoms with Gasteiger partial charge in [0.05, 0.1) is 18.5 Å². The van der Waals surface area contributed by atoms with E-state index in [9.17, 15) is 9.59 Å². The number of rotatable bonds is 2. The van der Waals surface area contributed by atoms with Crippen LogP contribution in [0.5, 0.6) is 0 Å². The van der Waals surface area contributed by atoms with Gasteiger partial charge in [-0.3, -0.25) is 0 Å². The SMILES string of the molecule is COC(=O)C(C(=O)OC)=C1SCCS1. The summed E-state index contributed by atoms with van der Waals surface area (Å²) >= 11 is 2.96. The molecule has 0 aromatic carbocycles.